The highest BCUT2D eigenvalue weighted by molar-refractivity contribution is 5.77. The Balaban J connectivity index is 2.52. The second-order valence-corrected chi connectivity index (χ2v) is 11.7. The normalized spacial score (nSPS) is 34.6. The SMILES string of the molecule is CC(=O)C[C@@H](O)[C@@H](O)[C@@H]1O[C@@](O[C@H]2[C@@H](O)[C@@H](CO)O[C@@H](O[C@@H]([C@H](O)[C@H](CO)NC(C)=O)[C@H](O)CO)[C@@H]2O)(C(=O)O)C[C@H](O)[C@H]1NC(C)=O. The quantitative estimate of drug-likeness (QED) is 0.0669. The van der Waals surface area contributed by atoms with E-state index in [-0.39, 0.29) is 0 Å². The van der Waals surface area contributed by atoms with Gasteiger partial charge in [-0.05, 0) is 6.92 Å². The number of ether oxygens (including phenoxy) is 4. The van der Waals surface area contributed by atoms with Gasteiger partial charge in [0.2, 0.25) is 11.8 Å². The summed E-state index contributed by atoms with van der Waals surface area (Å²) in [5, 5.41) is 119. The Morgan fingerprint density at radius 2 is 1.54 bits per heavy atom. The van der Waals surface area contributed by atoms with E-state index in [1.165, 1.54) is 0 Å². The molecule has 2 fully saturated rings. The number of Topliss-reactive ketones (excluding diaryl/α,β-unsaturated/α-hetero) is 1. The molecule has 0 radical (unpaired) electrons. The van der Waals surface area contributed by atoms with Gasteiger partial charge in [0, 0.05) is 26.7 Å². The van der Waals surface area contributed by atoms with Gasteiger partial charge >= 0.3 is 5.97 Å². The smallest absolute Gasteiger partial charge is 0.364 e. The minimum absolute atomic E-state index is 0.596. The van der Waals surface area contributed by atoms with Crippen LogP contribution in [0.15, 0.2) is 0 Å². The van der Waals surface area contributed by atoms with E-state index in [1.54, 1.807) is 0 Å². The van der Waals surface area contributed by atoms with Gasteiger partial charge in [-0.25, -0.2) is 4.79 Å². The van der Waals surface area contributed by atoms with Gasteiger partial charge in [-0.3, -0.25) is 14.4 Å². The van der Waals surface area contributed by atoms with Gasteiger partial charge < -0.3 is 85.8 Å². The fourth-order valence-electron chi connectivity index (χ4n) is 5.47. The van der Waals surface area contributed by atoms with Crippen LogP contribution >= 0.6 is 0 Å². The van der Waals surface area contributed by atoms with Crippen molar-refractivity contribution >= 4 is 23.6 Å². The Morgan fingerprint density at radius 3 is 2.02 bits per heavy atom. The number of hydrogen-bond acceptors (Lipinski definition) is 18. The molecule has 0 unspecified atom stereocenters. The molecule has 2 aliphatic heterocycles. The van der Waals surface area contributed by atoms with Crippen LogP contribution in [-0.4, -0.2) is 191 Å². The summed E-state index contributed by atoms with van der Waals surface area (Å²) in [6.07, 6.45) is -25.9. The second-order valence-electron chi connectivity index (χ2n) is 11.7. The van der Waals surface area contributed by atoms with Crippen LogP contribution in [0.2, 0.25) is 0 Å². The fraction of sp³-hybridized carbons (Fsp3) is 0.852. The maximum Gasteiger partial charge on any atom is 0.364 e. The number of rotatable bonds is 17. The van der Waals surface area contributed by atoms with Crippen molar-refractivity contribution in [3.8, 4) is 0 Å². The number of amides is 2. The molecule has 2 saturated heterocycles. The number of carboxylic acid groups (broad SMARTS) is 1. The standard InChI is InChI=1S/C27H46N2O19/c1-9(33)4-13(36)19(40)23-17(29-11(3)35)14(37)5-27(47-23,26(43)44)48-24-20(41)16(8-32)45-25(21(24)42)46-22(15(38)7-31)18(39)12(6-30)28-10(2)34/h12-25,30-32,36-42H,4-8H2,1-3H3,(H,28,34)(H,29,35)(H,43,44)/t12-,13+,14-,15+,16+,17+,18+,19+,20-,21+,22+,23+,24-,25-,27-/m0/s1. The predicted octanol–water partition coefficient (Wildman–Crippen LogP) is -7.46. The van der Waals surface area contributed by atoms with Crippen LogP contribution in [0.1, 0.15) is 33.6 Å². The molecule has 0 aromatic rings. The van der Waals surface area contributed by atoms with Crippen LogP contribution in [0.4, 0.5) is 0 Å². The van der Waals surface area contributed by atoms with Gasteiger partial charge in [0.25, 0.3) is 5.79 Å². The van der Waals surface area contributed by atoms with E-state index < -0.39 is 148 Å². The summed E-state index contributed by atoms with van der Waals surface area (Å²) in [5.74, 6) is -7.17. The number of aliphatic carboxylic acids is 1. The lowest BCUT2D eigenvalue weighted by Crippen LogP contribution is -2.70. The van der Waals surface area contributed by atoms with Crippen molar-refractivity contribution in [3.63, 3.8) is 0 Å². The molecular formula is C27H46N2O19. The van der Waals surface area contributed by atoms with Crippen LogP contribution in [0.5, 0.6) is 0 Å². The summed E-state index contributed by atoms with van der Waals surface area (Å²) in [5.41, 5.74) is 0. The summed E-state index contributed by atoms with van der Waals surface area (Å²) >= 11 is 0. The molecule has 2 aliphatic rings. The van der Waals surface area contributed by atoms with Gasteiger partial charge in [0.15, 0.2) is 6.29 Å². The topological polar surface area (TPSA) is 352 Å². The molecule has 0 aromatic carbocycles. The highest BCUT2D eigenvalue weighted by Crippen LogP contribution is 2.38. The fourth-order valence-corrected chi connectivity index (χ4v) is 5.47. The van der Waals surface area contributed by atoms with Gasteiger partial charge in [0.05, 0.1) is 44.1 Å². The average molecular weight is 703 g/mol. The molecule has 13 N–H and O–H groups in total. The van der Waals surface area contributed by atoms with Crippen molar-refractivity contribution < 1.29 is 94.3 Å². The molecule has 15 atom stereocenters. The number of carbonyl (C=O) groups is 4. The lowest BCUT2D eigenvalue weighted by Gasteiger charge is -2.50. The van der Waals surface area contributed by atoms with E-state index in [0.29, 0.717) is 0 Å². The molecule has 21 nitrogen and oxygen atoms in total. The number of aliphatic hydroxyl groups is 10. The minimum Gasteiger partial charge on any atom is -0.477 e. The number of aliphatic hydroxyl groups excluding tert-OH is 10. The van der Waals surface area contributed by atoms with Gasteiger partial charge in [-0.1, -0.05) is 0 Å². The van der Waals surface area contributed by atoms with Crippen molar-refractivity contribution in [2.75, 3.05) is 19.8 Å². The molecule has 278 valence electrons. The first-order valence-electron chi connectivity index (χ1n) is 14.9. The molecule has 0 spiro atoms. The maximum absolute atomic E-state index is 12.7. The van der Waals surface area contributed by atoms with Crippen LogP contribution in [0, 0.1) is 0 Å². The maximum atomic E-state index is 12.7. The molecule has 2 rings (SSSR count). The molecule has 0 aromatic heterocycles. The first-order chi connectivity index (χ1) is 22.3. The van der Waals surface area contributed by atoms with Gasteiger partial charge in [-0.2, -0.15) is 0 Å². The first-order valence-corrected chi connectivity index (χ1v) is 14.9. The average Bonchev–Trinajstić information content (AvgIpc) is 3.00. The number of carboxylic acids is 1. The Labute approximate surface area is 273 Å². The molecule has 21 heteroatoms. The molecular weight excluding hydrogens is 656 g/mol. The number of nitrogens with one attached hydrogen (secondary N) is 2. The highest BCUT2D eigenvalue weighted by Gasteiger charge is 2.59. The third-order valence-corrected chi connectivity index (χ3v) is 7.84. The lowest BCUT2D eigenvalue weighted by molar-refractivity contribution is -0.376. The van der Waals surface area contributed by atoms with E-state index in [2.05, 4.69) is 10.6 Å². The number of carbonyl (C=O) groups excluding carboxylic acids is 3. The molecule has 48 heavy (non-hydrogen) atoms. The third-order valence-electron chi connectivity index (χ3n) is 7.84. The summed E-state index contributed by atoms with van der Waals surface area (Å²) in [7, 11) is 0. The van der Waals surface area contributed by atoms with Crippen LogP contribution in [-0.2, 0) is 38.1 Å². The molecule has 2 heterocycles. The molecule has 0 bridgehead atoms. The van der Waals surface area contributed by atoms with Crippen LogP contribution in [0.3, 0.4) is 0 Å². The summed E-state index contributed by atoms with van der Waals surface area (Å²) in [6, 6.07) is -3.07. The Kier molecular flexibility index (Phi) is 15.6. The number of hydrogen-bond donors (Lipinski definition) is 13. The van der Waals surface area contributed by atoms with Crippen LogP contribution < -0.4 is 10.6 Å². The van der Waals surface area contributed by atoms with Gasteiger partial charge in [-0.15, -0.1) is 0 Å². The van der Waals surface area contributed by atoms with Crippen molar-refractivity contribution in [1.29, 1.82) is 0 Å². The summed E-state index contributed by atoms with van der Waals surface area (Å²) < 4.78 is 22.0. The zero-order chi connectivity index (χ0) is 36.7. The zero-order valence-electron chi connectivity index (χ0n) is 26.3. The van der Waals surface area contributed by atoms with Gasteiger partial charge in [0.1, 0.15) is 60.7 Å². The largest absolute Gasteiger partial charge is 0.477 e. The van der Waals surface area contributed by atoms with E-state index in [9.17, 15) is 75.3 Å². The zero-order valence-corrected chi connectivity index (χ0v) is 26.3. The molecule has 0 saturated carbocycles. The number of ketones is 1. The molecule has 2 amide bonds. The van der Waals surface area contributed by atoms with Crippen LogP contribution in [0.25, 0.3) is 0 Å². The Hall–Kier alpha value is -2.48. The van der Waals surface area contributed by atoms with E-state index in [1.807, 2.05) is 0 Å². The third kappa shape index (κ3) is 10.0. The Bertz CT molecular complexity index is 1100. The predicted molar refractivity (Wildman–Crippen MR) is 152 cm³/mol. The first kappa shape index (κ1) is 41.7. The minimum atomic E-state index is -3.08. The lowest BCUT2D eigenvalue weighted by atomic mass is 9.87. The van der Waals surface area contributed by atoms with E-state index in [4.69, 9.17) is 18.9 Å². The Morgan fingerprint density at radius 1 is 0.917 bits per heavy atom. The van der Waals surface area contributed by atoms with Crippen molar-refractivity contribution in [3.05, 3.63) is 0 Å². The summed E-state index contributed by atoms with van der Waals surface area (Å²) in [6.45, 7) is 0.159. The highest BCUT2D eigenvalue weighted by atomic mass is 16.8. The summed E-state index contributed by atoms with van der Waals surface area (Å²) in [4.78, 5) is 47.7. The van der Waals surface area contributed by atoms with Crippen molar-refractivity contribution in [2.45, 2.75) is 125 Å². The second kappa shape index (κ2) is 18.0. The van der Waals surface area contributed by atoms with Crippen molar-refractivity contribution in [1.82, 2.24) is 10.6 Å². The van der Waals surface area contributed by atoms with E-state index >= 15 is 0 Å². The van der Waals surface area contributed by atoms with Crippen molar-refractivity contribution in [2.24, 2.45) is 0 Å². The molecule has 0 aliphatic carbocycles. The monoisotopic (exact) mass is 702 g/mol. The van der Waals surface area contributed by atoms with E-state index in [0.717, 1.165) is 20.8 Å².